The number of ether oxygens (including phenoxy) is 1. The fourth-order valence-electron chi connectivity index (χ4n) is 2.23. The number of pyridine rings is 1. The monoisotopic (exact) mass is 303 g/mol. The van der Waals surface area contributed by atoms with Gasteiger partial charge in [-0.15, -0.1) is 0 Å². The zero-order valence-electron chi connectivity index (χ0n) is 12.2. The third-order valence-electron chi connectivity index (χ3n) is 3.31. The number of para-hydroxylation sites is 1. The molecule has 1 aromatic heterocycles. The summed E-state index contributed by atoms with van der Waals surface area (Å²) in [6.07, 6.45) is 3.34. The number of hydrogen-bond donors (Lipinski definition) is 1. The molecule has 0 saturated heterocycles. The number of nitriles is 1. The highest BCUT2D eigenvalue weighted by molar-refractivity contribution is 6.01. The molecule has 0 spiro atoms. The lowest BCUT2D eigenvalue weighted by Gasteiger charge is -2.10. The predicted molar refractivity (Wildman–Crippen MR) is 87.0 cm³/mol. The van der Waals surface area contributed by atoms with Gasteiger partial charge < -0.3 is 10.1 Å². The maximum Gasteiger partial charge on any atom is 0.262 e. The number of aromatic nitrogens is 1. The zero-order chi connectivity index (χ0) is 16.1. The van der Waals surface area contributed by atoms with E-state index in [1.807, 2.05) is 30.3 Å². The van der Waals surface area contributed by atoms with E-state index in [0.717, 1.165) is 10.8 Å². The minimum atomic E-state index is -0.309. The minimum Gasteiger partial charge on any atom is -0.482 e. The summed E-state index contributed by atoms with van der Waals surface area (Å²) < 4.78 is 5.42. The van der Waals surface area contributed by atoms with E-state index in [1.54, 1.807) is 36.7 Å². The van der Waals surface area contributed by atoms with Gasteiger partial charge in [-0.1, -0.05) is 36.4 Å². The number of carbonyl (C=O) groups excluding carboxylic acids is 1. The van der Waals surface area contributed by atoms with Crippen LogP contribution in [0.4, 0.5) is 5.69 Å². The molecule has 0 unspecified atom stereocenters. The number of amides is 1. The summed E-state index contributed by atoms with van der Waals surface area (Å²) in [5, 5.41) is 13.6. The lowest BCUT2D eigenvalue weighted by atomic mass is 10.1. The summed E-state index contributed by atoms with van der Waals surface area (Å²) >= 11 is 0. The van der Waals surface area contributed by atoms with Crippen LogP contribution in [-0.2, 0) is 4.79 Å². The first-order valence-corrected chi connectivity index (χ1v) is 7.02. The van der Waals surface area contributed by atoms with E-state index in [9.17, 15) is 4.79 Å². The average molecular weight is 303 g/mol. The molecule has 0 radical (unpaired) electrons. The molecule has 0 aliphatic heterocycles. The summed E-state index contributed by atoms with van der Waals surface area (Å²) in [5.74, 6) is 0.0806. The van der Waals surface area contributed by atoms with E-state index in [0.29, 0.717) is 17.0 Å². The van der Waals surface area contributed by atoms with E-state index < -0.39 is 0 Å². The van der Waals surface area contributed by atoms with Crippen molar-refractivity contribution in [3.63, 3.8) is 0 Å². The van der Waals surface area contributed by atoms with Crippen LogP contribution < -0.4 is 10.1 Å². The number of rotatable bonds is 4. The fraction of sp³-hybridized carbons (Fsp3) is 0.0556. The number of nitrogens with zero attached hydrogens (tertiary/aromatic N) is 2. The third-order valence-corrected chi connectivity index (χ3v) is 3.31. The second kappa shape index (κ2) is 6.58. The topological polar surface area (TPSA) is 75.0 Å². The van der Waals surface area contributed by atoms with Crippen molar-refractivity contribution in [3.05, 3.63) is 66.5 Å². The van der Waals surface area contributed by atoms with Crippen molar-refractivity contribution in [2.45, 2.75) is 0 Å². The van der Waals surface area contributed by atoms with Crippen LogP contribution in [0.2, 0.25) is 0 Å². The van der Waals surface area contributed by atoms with Gasteiger partial charge in [-0.3, -0.25) is 9.78 Å². The van der Waals surface area contributed by atoms with Crippen LogP contribution in [0.15, 0.2) is 60.9 Å². The van der Waals surface area contributed by atoms with Gasteiger partial charge in [-0.2, -0.15) is 5.26 Å². The van der Waals surface area contributed by atoms with Crippen LogP contribution in [0.5, 0.6) is 5.75 Å². The molecule has 1 N–H and O–H groups in total. The highest BCUT2D eigenvalue weighted by Gasteiger charge is 2.08. The lowest BCUT2D eigenvalue weighted by Crippen LogP contribution is -2.20. The van der Waals surface area contributed by atoms with E-state index in [4.69, 9.17) is 10.00 Å². The Labute approximate surface area is 133 Å². The van der Waals surface area contributed by atoms with Gasteiger partial charge in [0, 0.05) is 17.0 Å². The molecule has 0 aliphatic carbocycles. The summed E-state index contributed by atoms with van der Waals surface area (Å²) in [6.45, 7) is -0.179. The molecular formula is C18H13N3O2. The highest BCUT2D eigenvalue weighted by Crippen LogP contribution is 2.21. The number of nitrogens with one attached hydrogen (secondary N) is 1. The number of hydrogen-bond acceptors (Lipinski definition) is 4. The lowest BCUT2D eigenvalue weighted by molar-refractivity contribution is -0.118. The Morgan fingerprint density at radius 2 is 1.91 bits per heavy atom. The third kappa shape index (κ3) is 3.27. The molecule has 3 aromatic rings. The van der Waals surface area contributed by atoms with Crippen LogP contribution in [0, 0.1) is 11.3 Å². The van der Waals surface area contributed by atoms with Crippen LogP contribution in [0.1, 0.15) is 5.56 Å². The first-order valence-electron chi connectivity index (χ1n) is 7.02. The van der Waals surface area contributed by atoms with Crippen LogP contribution >= 0.6 is 0 Å². The largest absolute Gasteiger partial charge is 0.482 e. The van der Waals surface area contributed by atoms with Crippen molar-refractivity contribution in [3.8, 4) is 11.8 Å². The van der Waals surface area contributed by atoms with Crippen molar-refractivity contribution in [1.82, 2.24) is 4.98 Å². The molecule has 0 aliphatic rings. The summed E-state index contributed by atoms with van der Waals surface area (Å²) in [6, 6.07) is 16.5. The van der Waals surface area contributed by atoms with Gasteiger partial charge in [0.1, 0.15) is 11.8 Å². The molecular weight excluding hydrogens is 290 g/mol. The van der Waals surface area contributed by atoms with E-state index >= 15 is 0 Å². The first kappa shape index (κ1) is 14.5. The van der Waals surface area contributed by atoms with Gasteiger partial charge in [0.05, 0.1) is 17.4 Å². The van der Waals surface area contributed by atoms with Crippen molar-refractivity contribution in [2.24, 2.45) is 0 Å². The van der Waals surface area contributed by atoms with E-state index in [1.165, 1.54) is 0 Å². The van der Waals surface area contributed by atoms with Crippen molar-refractivity contribution in [2.75, 3.05) is 11.9 Å². The average Bonchev–Trinajstić information content (AvgIpc) is 2.60. The molecule has 112 valence electrons. The first-order chi connectivity index (χ1) is 11.3. The van der Waals surface area contributed by atoms with Gasteiger partial charge in [-0.25, -0.2) is 0 Å². The van der Waals surface area contributed by atoms with Crippen molar-refractivity contribution >= 4 is 22.4 Å². The molecule has 0 fully saturated rings. The zero-order valence-corrected chi connectivity index (χ0v) is 12.2. The molecule has 3 rings (SSSR count). The quantitative estimate of drug-likeness (QED) is 0.803. The van der Waals surface area contributed by atoms with Gasteiger partial charge in [0.2, 0.25) is 0 Å². The SMILES string of the molecule is N#Cc1ccccc1OCC(=O)Nc1cncc2ccccc12. The molecule has 5 heteroatoms. The van der Waals surface area contributed by atoms with Crippen molar-refractivity contribution in [1.29, 1.82) is 5.26 Å². The summed E-state index contributed by atoms with van der Waals surface area (Å²) in [5.41, 5.74) is 1.03. The van der Waals surface area contributed by atoms with E-state index in [-0.39, 0.29) is 12.5 Å². The predicted octanol–water partition coefficient (Wildman–Crippen LogP) is 3.12. The van der Waals surface area contributed by atoms with Crippen LogP contribution in [-0.4, -0.2) is 17.5 Å². The molecule has 5 nitrogen and oxygen atoms in total. The normalized spacial score (nSPS) is 10.0. The fourth-order valence-corrected chi connectivity index (χ4v) is 2.23. The van der Waals surface area contributed by atoms with Gasteiger partial charge in [0.25, 0.3) is 5.91 Å². The smallest absolute Gasteiger partial charge is 0.262 e. The Morgan fingerprint density at radius 3 is 2.78 bits per heavy atom. The maximum atomic E-state index is 12.1. The summed E-state index contributed by atoms with van der Waals surface area (Å²) in [4.78, 5) is 16.2. The van der Waals surface area contributed by atoms with Crippen molar-refractivity contribution < 1.29 is 9.53 Å². The Morgan fingerprint density at radius 1 is 1.13 bits per heavy atom. The Bertz CT molecular complexity index is 895. The Balaban J connectivity index is 1.71. The summed E-state index contributed by atoms with van der Waals surface area (Å²) in [7, 11) is 0. The minimum absolute atomic E-state index is 0.179. The Hall–Kier alpha value is -3.39. The van der Waals surface area contributed by atoms with Gasteiger partial charge in [0.15, 0.2) is 6.61 Å². The molecule has 1 amide bonds. The van der Waals surface area contributed by atoms with Gasteiger partial charge >= 0.3 is 0 Å². The van der Waals surface area contributed by atoms with Gasteiger partial charge in [-0.05, 0) is 12.1 Å². The number of carbonyl (C=O) groups is 1. The maximum absolute atomic E-state index is 12.1. The molecule has 23 heavy (non-hydrogen) atoms. The molecule has 1 heterocycles. The standard InChI is InChI=1S/C18H13N3O2/c19-9-13-5-2-4-8-17(13)23-12-18(22)21-16-11-20-10-14-6-1-3-7-15(14)16/h1-8,10-11H,12H2,(H,21,22). The molecule has 2 aromatic carbocycles. The second-order valence-corrected chi connectivity index (χ2v) is 4.85. The molecule has 0 atom stereocenters. The Kier molecular flexibility index (Phi) is 4.16. The number of benzene rings is 2. The van der Waals surface area contributed by atoms with Crippen LogP contribution in [0.25, 0.3) is 10.8 Å². The second-order valence-electron chi connectivity index (χ2n) is 4.85. The van der Waals surface area contributed by atoms with E-state index in [2.05, 4.69) is 10.3 Å². The van der Waals surface area contributed by atoms with Crippen LogP contribution in [0.3, 0.4) is 0 Å². The molecule has 0 bridgehead atoms. The highest BCUT2D eigenvalue weighted by atomic mass is 16.5. The molecule has 0 saturated carbocycles. The number of anilines is 1. The number of fused-ring (bicyclic) bond motifs is 1.